The zero-order valence-corrected chi connectivity index (χ0v) is 11.5. The minimum atomic E-state index is -0.399. The number of likely N-dealkylation sites (N-methyl/N-ethyl adjacent to an activating group) is 1. The molecule has 0 spiro atoms. The second-order valence-electron chi connectivity index (χ2n) is 4.61. The van der Waals surface area contributed by atoms with Gasteiger partial charge in [-0.3, -0.25) is 9.69 Å². The van der Waals surface area contributed by atoms with Gasteiger partial charge in [-0.05, 0) is 19.1 Å². The number of nitrogens with zero attached hydrogens (tertiary/aromatic N) is 1. The van der Waals surface area contributed by atoms with Gasteiger partial charge in [-0.1, -0.05) is 30.3 Å². The molecule has 0 unspecified atom stereocenters. The van der Waals surface area contributed by atoms with Crippen molar-refractivity contribution in [3.05, 3.63) is 53.9 Å². The maximum atomic E-state index is 12.0. The third-order valence-corrected chi connectivity index (χ3v) is 3.25. The van der Waals surface area contributed by atoms with E-state index in [1.165, 1.54) is 0 Å². The van der Waals surface area contributed by atoms with E-state index in [1.54, 1.807) is 19.1 Å². The van der Waals surface area contributed by atoms with Crippen LogP contribution < -0.4 is 5.32 Å². The molecular weight excluding hydrogens is 268 g/mol. The molecule has 1 saturated heterocycles. The minimum Gasteiger partial charge on any atom is -0.457 e. The number of hydrogen-bond donors (Lipinski definition) is 1. The molecule has 1 fully saturated rings. The van der Waals surface area contributed by atoms with Gasteiger partial charge >= 0.3 is 6.03 Å². The zero-order valence-electron chi connectivity index (χ0n) is 11.5. The summed E-state index contributed by atoms with van der Waals surface area (Å²) in [5, 5.41) is 2.54. The summed E-state index contributed by atoms with van der Waals surface area (Å²) in [5.74, 6) is 0.905. The summed E-state index contributed by atoms with van der Waals surface area (Å²) >= 11 is 0. The summed E-state index contributed by atoms with van der Waals surface area (Å²) in [5.41, 5.74) is 1.19. The molecule has 5 nitrogen and oxygen atoms in total. The molecule has 1 aliphatic heterocycles. The molecule has 1 aromatic carbocycles. The van der Waals surface area contributed by atoms with Crippen LogP contribution in [0.25, 0.3) is 17.4 Å². The lowest BCUT2D eigenvalue weighted by Crippen LogP contribution is -2.30. The van der Waals surface area contributed by atoms with Crippen molar-refractivity contribution in [2.75, 3.05) is 6.54 Å². The topological polar surface area (TPSA) is 62.6 Å². The minimum absolute atomic E-state index is 0.232. The van der Waals surface area contributed by atoms with Crippen LogP contribution in [0.2, 0.25) is 0 Å². The van der Waals surface area contributed by atoms with E-state index in [-0.39, 0.29) is 11.6 Å². The highest BCUT2D eigenvalue weighted by molar-refractivity contribution is 6.13. The van der Waals surface area contributed by atoms with Crippen molar-refractivity contribution in [2.24, 2.45) is 0 Å². The van der Waals surface area contributed by atoms with Crippen molar-refractivity contribution in [3.8, 4) is 11.3 Å². The second-order valence-corrected chi connectivity index (χ2v) is 4.61. The summed E-state index contributed by atoms with van der Waals surface area (Å²) in [6.07, 6.45) is 1.54. The quantitative estimate of drug-likeness (QED) is 0.695. The van der Waals surface area contributed by atoms with Gasteiger partial charge in [0.15, 0.2) is 0 Å². The number of urea groups is 1. The molecule has 0 radical (unpaired) electrons. The monoisotopic (exact) mass is 282 g/mol. The number of imide groups is 1. The third kappa shape index (κ3) is 2.45. The molecule has 0 aliphatic carbocycles. The van der Waals surface area contributed by atoms with Crippen molar-refractivity contribution in [1.29, 1.82) is 0 Å². The summed E-state index contributed by atoms with van der Waals surface area (Å²) in [6.45, 7) is 2.09. The van der Waals surface area contributed by atoms with Gasteiger partial charge < -0.3 is 9.73 Å². The van der Waals surface area contributed by atoms with Gasteiger partial charge in [0.25, 0.3) is 5.91 Å². The fourth-order valence-corrected chi connectivity index (χ4v) is 2.19. The van der Waals surface area contributed by atoms with Gasteiger partial charge in [-0.15, -0.1) is 0 Å². The molecule has 1 N–H and O–H groups in total. The van der Waals surface area contributed by atoms with Gasteiger partial charge in [0.05, 0.1) is 0 Å². The maximum Gasteiger partial charge on any atom is 0.328 e. The van der Waals surface area contributed by atoms with Crippen LogP contribution in [0.3, 0.4) is 0 Å². The lowest BCUT2D eigenvalue weighted by atomic mass is 10.2. The first-order valence-corrected chi connectivity index (χ1v) is 6.69. The number of nitrogens with one attached hydrogen (secondary N) is 1. The predicted molar refractivity (Wildman–Crippen MR) is 78.0 cm³/mol. The molecule has 0 bridgehead atoms. The van der Waals surface area contributed by atoms with Crippen LogP contribution in [0.1, 0.15) is 12.7 Å². The molecule has 1 aromatic heterocycles. The van der Waals surface area contributed by atoms with E-state index in [4.69, 9.17) is 4.42 Å². The van der Waals surface area contributed by atoms with E-state index < -0.39 is 6.03 Å². The Balaban J connectivity index is 1.87. The van der Waals surface area contributed by atoms with Gasteiger partial charge in [0.2, 0.25) is 0 Å². The first kappa shape index (κ1) is 13.2. The number of furan rings is 1. The Morgan fingerprint density at radius 1 is 1.14 bits per heavy atom. The van der Waals surface area contributed by atoms with E-state index in [1.807, 2.05) is 36.4 Å². The molecule has 0 atom stereocenters. The normalized spacial score (nSPS) is 16.6. The standard InChI is InChI=1S/C16H14N2O3/c1-2-18-15(19)13(17-16(18)20)10-12-8-9-14(21-12)11-6-4-3-5-7-11/h3-10H,2H2,1H3,(H,17,20)/b13-10-. The van der Waals surface area contributed by atoms with Crippen molar-refractivity contribution < 1.29 is 14.0 Å². The second kappa shape index (κ2) is 5.28. The van der Waals surface area contributed by atoms with E-state index in [2.05, 4.69) is 5.32 Å². The summed E-state index contributed by atoms with van der Waals surface area (Å²) in [4.78, 5) is 24.7. The number of rotatable bonds is 3. The Hall–Kier alpha value is -2.82. The summed E-state index contributed by atoms with van der Waals surface area (Å²) < 4.78 is 5.69. The van der Waals surface area contributed by atoms with Gasteiger partial charge in [0, 0.05) is 18.2 Å². The molecule has 2 heterocycles. The van der Waals surface area contributed by atoms with Crippen molar-refractivity contribution in [1.82, 2.24) is 10.2 Å². The lowest BCUT2D eigenvalue weighted by Gasteiger charge is -2.05. The van der Waals surface area contributed by atoms with Crippen LogP contribution in [-0.2, 0) is 4.79 Å². The van der Waals surface area contributed by atoms with Crippen molar-refractivity contribution in [3.63, 3.8) is 0 Å². The van der Waals surface area contributed by atoms with Crippen LogP contribution in [0.5, 0.6) is 0 Å². The van der Waals surface area contributed by atoms with Crippen molar-refractivity contribution in [2.45, 2.75) is 6.92 Å². The molecule has 21 heavy (non-hydrogen) atoms. The number of amides is 3. The largest absolute Gasteiger partial charge is 0.457 e. The Bertz CT molecular complexity index is 716. The fourth-order valence-electron chi connectivity index (χ4n) is 2.19. The van der Waals surface area contributed by atoms with Gasteiger partial charge in [-0.2, -0.15) is 0 Å². The maximum absolute atomic E-state index is 12.0. The number of hydrogen-bond acceptors (Lipinski definition) is 3. The highest BCUT2D eigenvalue weighted by Gasteiger charge is 2.32. The highest BCUT2D eigenvalue weighted by atomic mass is 16.3. The van der Waals surface area contributed by atoms with Crippen LogP contribution in [0.15, 0.2) is 52.6 Å². The first-order valence-electron chi connectivity index (χ1n) is 6.69. The van der Waals surface area contributed by atoms with Crippen LogP contribution in [0, 0.1) is 0 Å². The van der Waals surface area contributed by atoms with Crippen molar-refractivity contribution >= 4 is 18.0 Å². The van der Waals surface area contributed by atoms with Gasteiger partial charge in [-0.25, -0.2) is 4.79 Å². The first-order chi connectivity index (χ1) is 10.2. The van der Waals surface area contributed by atoms with Crippen LogP contribution >= 0.6 is 0 Å². The Morgan fingerprint density at radius 2 is 1.90 bits per heavy atom. The SMILES string of the molecule is CCN1C(=O)N/C(=C\c2ccc(-c3ccccc3)o2)C1=O. The number of carbonyl (C=O) groups excluding carboxylic acids is 2. The average molecular weight is 282 g/mol. The lowest BCUT2D eigenvalue weighted by molar-refractivity contribution is -0.122. The molecule has 2 aromatic rings. The molecule has 3 rings (SSSR count). The van der Waals surface area contributed by atoms with Crippen LogP contribution in [-0.4, -0.2) is 23.4 Å². The molecule has 3 amide bonds. The van der Waals surface area contributed by atoms with E-state index in [0.29, 0.717) is 18.1 Å². The molecule has 1 aliphatic rings. The average Bonchev–Trinajstić information content (AvgIpc) is 3.06. The summed E-state index contributed by atoms with van der Waals surface area (Å²) in [6, 6.07) is 12.9. The highest BCUT2D eigenvalue weighted by Crippen LogP contribution is 2.23. The zero-order chi connectivity index (χ0) is 14.8. The van der Waals surface area contributed by atoms with E-state index in [9.17, 15) is 9.59 Å². The molecule has 5 heteroatoms. The van der Waals surface area contributed by atoms with E-state index in [0.717, 1.165) is 10.5 Å². The van der Waals surface area contributed by atoms with Crippen LogP contribution in [0.4, 0.5) is 4.79 Å². The van der Waals surface area contributed by atoms with Gasteiger partial charge in [0.1, 0.15) is 17.2 Å². The number of carbonyl (C=O) groups is 2. The Kier molecular flexibility index (Phi) is 3.31. The number of benzene rings is 1. The smallest absolute Gasteiger partial charge is 0.328 e. The predicted octanol–water partition coefficient (Wildman–Crippen LogP) is 2.86. The summed E-state index contributed by atoms with van der Waals surface area (Å²) in [7, 11) is 0. The van der Waals surface area contributed by atoms with E-state index >= 15 is 0 Å². The molecule has 106 valence electrons. The fraction of sp³-hybridized carbons (Fsp3) is 0.125. The third-order valence-electron chi connectivity index (χ3n) is 3.25. The Labute approximate surface area is 121 Å². The molecular formula is C16H14N2O3. The molecule has 0 saturated carbocycles. The Morgan fingerprint density at radius 3 is 2.57 bits per heavy atom.